The van der Waals surface area contributed by atoms with E-state index in [2.05, 4.69) is 20.9 Å². The van der Waals surface area contributed by atoms with Crippen LogP contribution in [0.15, 0.2) is 16.7 Å². The first-order valence-electron chi connectivity index (χ1n) is 1.79. The summed E-state index contributed by atoms with van der Waals surface area (Å²) in [5.74, 6) is 0. The average Bonchev–Trinajstić information content (AvgIpc) is 1.87. The number of aromatic amines is 1. The summed E-state index contributed by atoms with van der Waals surface area (Å²) in [5.41, 5.74) is 0. The third-order valence-corrected chi connectivity index (χ3v) is 1.30. The quantitative estimate of drug-likeness (QED) is 0.631. The first-order valence-corrected chi connectivity index (χ1v) is 2.96. The Labute approximate surface area is 54.8 Å². The summed E-state index contributed by atoms with van der Waals surface area (Å²) in [6.07, 6.45) is 0. The van der Waals surface area contributed by atoms with Gasteiger partial charge in [-0.15, -0.1) is 0 Å². The Kier molecular flexibility index (Phi) is 1.40. The topological polar surface area (TPSA) is 15.8 Å². The van der Waals surface area contributed by atoms with Crippen molar-refractivity contribution in [2.45, 2.75) is 0 Å². The lowest BCUT2D eigenvalue weighted by Gasteiger charge is -1.73. The van der Waals surface area contributed by atoms with Crippen molar-refractivity contribution >= 4 is 27.5 Å². The minimum atomic E-state index is 0.659. The fourth-order valence-corrected chi connectivity index (χ4v) is 0.968. The molecule has 0 aliphatic heterocycles. The summed E-state index contributed by atoms with van der Waals surface area (Å²) >= 11 is 8.67. The van der Waals surface area contributed by atoms with E-state index in [0.29, 0.717) is 5.15 Å². The maximum Gasteiger partial charge on any atom is 0.107 e. The van der Waals surface area contributed by atoms with Gasteiger partial charge < -0.3 is 4.98 Å². The Morgan fingerprint density at radius 1 is 1.57 bits per heavy atom. The molecule has 1 aromatic heterocycles. The summed E-state index contributed by atoms with van der Waals surface area (Å²) in [7, 11) is 0. The number of halogens is 2. The van der Waals surface area contributed by atoms with Gasteiger partial charge in [0.05, 0.1) is 4.60 Å². The molecule has 1 N–H and O–H groups in total. The van der Waals surface area contributed by atoms with Gasteiger partial charge in [-0.3, -0.25) is 0 Å². The van der Waals surface area contributed by atoms with Gasteiger partial charge in [-0.05, 0) is 28.1 Å². The first-order chi connectivity index (χ1) is 3.29. The Morgan fingerprint density at radius 2 is 2.29 bits per heavy atom. The molecule has 0 saturated carbocycles. The molecule has 7 heavy (non-hydrogen) atoms. The molecule has 0 fully saturated rings. The zero-order valence-electron chi connectivity index (χ0n) is 3.41. The van der Waals surface area contributed by atoms with E-state index >= 15 is 0 Å². The van der Waals surface area contributed by atoms with E-state index in [1.165, 1.54) is 0 Å². The predicted octanol–water partition coefficient (Wildman–Crippen LogP) is 2.43. The third-order valence-electron chi connectivity index (χ3n) is 0.615. The molecular weight excluding hydrogens is 177 g/mol. The van der Waals surface area contributed by atoms with E-state index in [4.69, 9.17) is 11.6 Å². The van der Waals surface area contributed by atoms with Gasteiger partial charge in [-0.25, -0.2) is 0 Å². The van der Waals surface area contributed by atoms with Crippen molar-refractivity contribution in [2.75, 3.05) is 0 Å². The van der Waals surface area contributed by atoms with Crippen LogP contribution in [0, 0.1) is 0 Å². The Morgan fingerprint density at radius 3 is 2.43 bits per heavy atom. The number of aromatic nitrogens is 1. The maximum atomic E-state index is 5.47. The van der Waals surface area contributed by atoms with Gasteiger partial charge in [-0.2, -0.15) is 0 Å². The maximum absolute atomic E-state index is 5.47. The van der Waals surface area contributed by atoms with Crippen molar-refractivity contribution in [3.8, 4) is 0 Å². The van der Waals surface area contributed by atoms with Crippen LogP contribution in [0.1, 0.15) is 0 Å². The molecule has 0 radical (unpaired) electrons. The largest absolute Gasteiger partial charge is 0.340 e. The van der Waals surface area contributed by atoms with Crippen molar-refractivity contribution in [1.29, 1.82) is 0 Å². The van der Waals surface area contributed by atoms with Crippen molar-refractivity contribution in [3.63, 3.8) is 0 Å². The van der Waals surface area contributed by atoms with Crippen LogP contribution in [0.5, 0.6) is 0 Å². The number of nitrogens with one attached hydrogen (secondary N) is 1. The zero-order valence-corrected chi connectivity index (χ0v) is 5.75. The van der Waals surface area contributed by atoms with Gasteiger partial charge in [0.25, 0.3) is 0 Å². The predicted molar refractivity (Wildman–Crippen MR) is 33.5 cm³/mol. The molecule has 0 atom stereocenters. The third kappa shape index (κ3) is 1.21. The highest BCUT2D eigenvalue weighted by atomic mass is 79.9. The van der Waals surface area contributed by atoms with E-state index in [1.54, 1.807) is 6.07 Å². The van der Waals surface area contributed by atoms with E-state index in [1.807, 2.05) is 6.07 Å². The summed E-state index contributed by atoms with van der Waals surface area (Å²) in [6.45, 7) is 0. The Bertz CT molecular complexity index is 144. The summed E-state index contributed by atoms with van der Waals surface area (Å²) in [4.78, 5) is 2.82. The van der Waals surface area contributed by atoms with Crippen molar-refractivity contribution < 1.29 is 0 Å². The van der Waals surface area contributed by atoms with Crippen molar-refractivity contribution in [2.24, 2.45) is 0 Å². The molecular formula is C4H3BrClN. The van der Waals surface area contributed by atoms with Gasteiger partial charge in [0, 0.05) is 0 Å². The first kappa shape index (κ1) is 5.19. The lowest BCUT2D eigenvalue weighted by Crippen LogP contribution is -1.55. The number of hydrogen-bond donors (Lipinski definition) is 1. The molecule has 0 spiro atoms. The lowest BCUT2D eigenvalue weighted by molar-refractivity contribution is 1.36. The van der Waals surface area contributed by atoms with Crippen LogP contribution in [0.2, 0.25) is 5.15 Å². The summed E-state index contributed by atoms with van der Waals surface area (Å²) < 4.78 is 0.914. The van der Waals surface area contributed by atoms with Crippen LogP contribution >= 0.6 is 27.5 Å². The van der Waals surface area contributed by atoms with E-state index < -0.39 is 0 Å². The molecule has 0 saturated heterocycles. The standard InChI is InChI=1S/C4H3BrClN/c5-3-1-2-4(6)7-3/h1-2,7H. The monoisotopic (exact) mass is 179 g/mol. The van der Waals surface area contributed by atoms with Gasteiger partial charge in [0.15, 0.2) is 0 Å². The molecule has 0 amide bonds. The number of rotatable bonds is 0. The van der Waals surface area contributed by atoms with Crippen molar-refractivity contribution in [1.82, 2.24) is 4.98 Å². The van der Waals surface area contributed by atoms with Crippen LogP contribution in [0.3, 0.4) is 0 Å². The number of H-pyrrole nitrogens is 1. The molecule has 0 aromatic carbocycles. The second kappa shape index (κ2) is 1.88. The van der Waals surface area contributed by atoms with Crippen LogP contribution < -0.4 is 0 Å². The molecule has 0 unspecified atom stereocenters. The highest BCUT2D eigenvalue weighted by Gasteiger charge is 1.86. The minimum absolute atomic E-state index is 0.659. The highest BCUT2D eigenvalue weighted by Crippen LogP contribution is 2.11. The highest BCUT2D eigenvalue weighted by molar-refractivity contribution is 9.10. The summed E-state index contributed by atoms with van der Waals surface area (Å²) in [6, 6.07) is 3.63. The van der Waals surface area contributed by atoms with Gasteiger partial charge in [-0.1, -0.05) is 11.6 Å². The SMILES string of the molecule is Clc1ccc(Br)[nH]1. The molecule has 1 aromatic rings. The smallest absolute Gasteiger partial charge is 0.107 e. The van der Waals surface area contributed by atoms with Crippen LogP contribution in [-0.4, -0.2) is 4.98 Å². The molecule has 38 valence electrons. The van der Waals surface area contributed by atoms with Gasteiger partial charge >= 0.3 is 0 Å². The van der Waals surface area contributed by atoms with E-state index in [0.717, 1.165) is 4.60 Å². The fourth-order valence-electron chi connectivity index (χ4n) is 0.344. The molecule has 0 aliphatic carbocycles. The normalized spacial score (nSPS) is 9.43. The minimum Gasteiger partial charge on any atom is -0.340 e. The summed E-state index contributed by atoms with van der Waals surface area (Å²) in [5, 5.41) is 0.659. The van der Waals surface area contributed by atoms with Crippen molar-refractivity contribution in [3.05, 3.63) is 21.9 Å². The number of hydrogen-bond acceptors (Lipinski definition) is 0. The Hall–Kier alpha value is 0.0500. The fraction of sp³-hybridized carbons (Fsp3) is 0. The second-order valence-corrected chi connectivity index (χ2v) is 2.42. The molecule has 1 heterocycles. The molecule has 0 bridgehead atoms. The Balaban J connectivity index is 3.04. The van der Waals surface area contributed by atoms with E-state index in [-0.39, 0.29) is 0 Å². The molecule has 1 nitrogen and oxygen atoms in total. The van der Waals surface area contributed by atoms with Gasteiger partial charge in [0.2, 0.25) is 0 Å². The van der Waals surface area contributed by atoms with Crippen LogP contribution in [-0.2, 0) is 0 Å². The van der Waals surface area contributed by atoms with Gasteiger partial charge in [0.1, 0.15) is 5.15 Å². The molecule has 1 rings (SSSR count). The lowest BCUT2D eigenvalue weighted by atomic mass is 10.7. The molecule has 3 heteroatoms. The average molecular weight is 180 g/mol. The van der Waals surface area contributed by atoms with Crippen LogP contribution in [0.25, 0.3) is 0 Å². The van der Waals surface area contributed by atoms with E-state index in [9.17, 15) is 0 Å². The molecule has 0 aliphatic rings. The zero-order chi connectivity index (χ0) is 5.28. The second-order valence-electron chi connectivity index (χ2n) is 1.15. The van der Waals surface area contributed by atoms with Crippen LogP contribution in [0.4, 0.5) is 0 Å².